The Morgan fingerprint density at radius 2 is 2.17 bits per heavy atom. The molecule has 0 radical (unpaired) electrons. The number of rotatable bonds is 0. The number of carbonyl (C=O) groups is 1. The van der Waals surface area contributed by atoms with Crippen LogP contribution in [0.3, 0.4) is 0 Å². The van der Waals surface area contributed by atoms with Crippen LogP contribution in [0.4, 0.5) is 5.69 Å². The Labute approximate surface area is 68.9 Å². The number of fused-ring (bicyclic) bond motifs is 1. The summed E-state index contributed by atoms with van der Waals surface area (Å²) in [6.45, 7) is -0.129. The summed E-state index contributed by atoms with van der Waals surface area (Å²) in [6.07, 6.45) is 0. The third-order valence-electron chi connectivity index (χ3n) is 1.74. The van der Waals surface area contributed by atoms with Crippen LogP contribution in [0.1, 0.15) is 0 Å². The van der Waals surface area contributed by atoms with E-state index in [0.29, 0.717) is 11.4 Å². The van der Waals surface area contributed by atoms with E-state index >= 15 is 0 Å². The summed E-state index contributed by atoms with van der Waals surface area (Å²) >= 11 is 0. The van der Waals surface area contributed by atoms with Gasteiger partial charge < -0.3 is 9.94 Å². The summed E-state index contributed by atoms with van der Waals surface area (Å²) in [4.78, 5) is 10.9. The van der Waals surface area contributed by atoms with Crippen molar-refractivity contribution in [2.24, 2.45) is 0 Å². The van der Waals surface area contributed by atoms with Crippen molar-refractivity contribution < 1.29 is 14.6 Å². The summed E-state index contributed by atoms with van der Waals surface area (Å²) in [6, 6.07) is 6.75. The lowest BCUT2D eigenvalue weighted by molar-refractivity contribution is -0.693. The molecule has 62 valence electrons. The van der Waals surface area contributed by atoms with E-state index in [1.165, 1.54) is 0 Å². The van der Waals surface area contributed by atoms with Crippen LogP contribution in [0.15, 0.2) is 24.3 Å². The molecule has 0 bridgehead atoms. The maximum atomic E-state index is 11.2. The molecule has 4 nitrogen and oxygen atoms in total. The standard InChI is InChI=1S/C8H7NO3/c10-8-5-12-7-4-2-1-3-6(7)9(8)11/h1-4,9H,5H2. The lowest BCUT2D eigenvalue weighted by Crippen LogP contribution is -3.06. The predicted octanol–water partition coefficient (Wildman–Crippen LogP) is -0.380. The number of quaternary nitrogens is 1. The molecule has 4 heteroatoms. The van der Waals surface area contributed by atoms with Gasteiger partial charge in [0, 0.05) is 6.07 Å². The molecule has 1 amide bonds. The topological polar surface area (TPSA) is 53.8 Å². The number of hydrogen-bond acceptors (Lipinski definition) is 3. The third-order valence-corrected chi connectivity index (χ3v) is 1.74. The van der Waals surface area contributed by atoms with Gasteiger partial charge in [0.05, 0.1) is 0 Å². The molecule has 1 aromatic carbocycles. The predicted molar refractivity (Wildman–Crippen MR) is 40.9 cm³/mol. The van der Waals surface area contributed by atoms with E-state index in [1.54, 1.807) is 24.3 Å². The van der Waals surface area contributed by atoms with Crippen LogP contribution < -0.4 is 9.80 Å². The minimum Gasteiger partial charge on any atom is -0.621 e. The molecular weight excluding hydrogens is 158 g/mol. The van der Waals surface area contributed by atoms with Crippen molar-refractivity contribution >= 4 is 11.6 Å². The van der Waals surface area contributed by atoms with Gasteiger partial charge in [0.15, 0.2) is 11.4 Å². The van der Waals surface area contributed by atoms with Gasteiger partial charge in [-0.1, -0.05) is 12.1 Å². The normalized spacial score (nSPS) is 21.4. The van der Waals surface area contributed by atoms with Crippen molar-refractivity contribution in [1.82, 2.24) is 0 Å². The van der Waals surface area contributed by atoms with E-state index in [9.17, 15) is 10.0 Å². The van der Waals surface area contributed by atoms with Crippen LogP contribution in [0, 0.1) is 5.21 Å². The zero-order valence-electron chi connectivity index (χ0n) is 6.24. The van der Waals surface area contributed by atoms with Gasteiger partial charge in [0.25, 0.3) is 0 Å². The molecule has 12 heavy (non-hydrogen) atoms. The van der Waals surface area contributed by atoms with Crippen molar-refractivity contribution in [3.8, 4) is 5.75 Å². The molecule has 0 aliphatic carbocycles. The van der Waals surface area contributed by atoms with E-state index in [0.717, 1.165) is 0 Å². The summed E-state index contributed by atoms with van der Waals surface area (Å²) in [5, 5.41) is 10.7. The van der Waals surface area contributed by atoms with E-state index in [-0.39, 0.29) is 6.61 Å². The van der Waals surface area contributed by atoms with Crippen LogP contribution in [-0.4, -0.2) is 12.5 Å². The highest BCUT2D eigenvalue weighted by Gasteiger charge is 2.24. The molecule has 0 saturated carbocycles. The van der Waals surface area contributed by atoms with Gasteiger partial charge in [-0.15, -0.1) is 0 Å². The average molecular weight is 165 g/mol. The Kier molecular flexibility index (Phi) is 1.56. The molecular formula is C8H7NO3. The molecule has 1 aliphatic heterocycles. The summed E-state index contributed by atoms with van der Waals surface area (Å²) in [5.74, 6) is 0.0239. The van der Waals surface area contributed by atoms with Crippen LogP contribution in [-0.2, 0) is 4.79 Å². The highest BCUT2D eigenvalue weighted by Crippen LogP contribution is 2.21. The van der Waals surface area contributed by atoms with Gasteiger partial charge in [-0.2, -0.15) is 0 Å². The quantitative estimate of drug-likeness (QED) is 0.533. The van der Waals surface area contributed by atoms with Gasteiger partial charge in [-0.05, 0) is 6.07 Å². The van der Waals surface area contributed by atoms with Crippen LogP contribution in [0.2, 0.25) is 0 Å². The number of benzene rings is 1. The maximum absolute atomic E-state index is 11.2. The largest absolute Gasteiger partial charge is 0.621 e. The van der Waals surface area contributed by atoms with Gasteiger partial charge in [-0.3, -0.25) is 5.06 Å². The second-order valence-electron chi connectivity index (χ2n) is 2.54. The highest BCUT2D eigenvalue weighted by molar-refractivity contribution is 5.74. The van der Waals surface area contributed by atoms with Crippen molar-refractivity contribution in [1.29, 1.82) is 0 Å². The number of amides is 1. The molecule has 1 aromatic rings. The average Bonchev–Trinajstić information content (AvgIpc) is 2.12. The van der Waals surface area contributed by atoms with Crippen molar-refractivity contribution in [2.75, 3.05) is 6.61 Å². The monoisotopic (exact) mass is 165 g/mol. The molecule has 0 aromatic heterocycles. The Morgan fingerprint density at radius 1 is 1.42 bits per heavy atom. The second-order valence-corrected chi connectivity index (χ2v) is 2.54. The Morgan fingerprint density at radius 3 is 3.00 bits per heavy atom. The van der Waals surface area contributed by atoms with E-state index in [4.69, 9.17) is 4.74 Å². The zero-order valence-corrected chi connectivity index (χ0v) is 6.24. The number of carbonyl (C=O) groups excluding carboxylic acids is 1. The first-order valence-corrected chi connectivity index (χ1v) is 3.58. The van der Waals surface area contributed by atoms with Crippen molar-refractivity contribution in [2.45, 2.75) is 0 Å². The second kappa shape index (κ2) is 2.58. The number of hydrogen-bond donors (Lipinski definition) is 1. The fraction of sp³-hybridized carbons (Fsp3) is 0.125. The maximum Gasteiger partial charge on any atom is 0.354 e. The molecule has 0 saturated heterocycles. The van der Waals surface area contributed by atoms with Crippen LogP contribution >= 0.6 is 0 Å². The van der Waals surface area contributed by atoms with Gasteiger partial charge in [0.1, 0.15) is 0 Å². The Bertz CT molecular complexity index is 324. The molecule has 0 fully saturated rings. The first kappa shape index (κ1) is 7.27. The fourth-order valence-electron chi connectivity index (χ4n) is 1.14. The molecule has 2 rings (SSSR count). The minimum absolute atomic E-state index is 0.129. The molecule has 1 atom stereocenters. The lowest BCUT2D eigenvalue weighted by atomic mass is 10.2. The van der Waals surface area contributed by atoms with E-state index < -0.39 is 11.0 Å². The van der Waals surface area contributed by atoms with Gasteiger partial charge >= 0.3 is 5.91 Å². The van der Waals surface area contributed by atoms with E-state index in [2.05, 4.69) is 0 Å². The number of para-hydroxylation sites is 2. The lowest BCUT2D eigenvalue weighted by Gasteiger charge is -2.25. The molecule has 1 N–H and O–H groups in total. The number of nitrogens with one attached hydrogen (secondary N) is 1. The molecule has 1 unspecified atom stereocenters. The van der Waals surface area contributed by atoms with Crippen LogP contribution in [0.25, 0.3) is 0 Å². The number of ether oxygens (including phenoxy) is 1. The summed E-state index contributed by atoms with van der Waals surface area (Å²) < 4.78 is 5.04. The minimum atomic E-state index is -0.478. The van der Waals surface area contributed by atoms with Crippen molar-refractivity contribution in [3.05, 3.63) is 29.5 Å². The Hall–Kier alpha value is -1.39. The highest BCUT2D eigenvalue weighted by atomic mass is 16.5. The molecule has 0 spiro atoms. The SMILES string of the molecule is O=C1COc2ccccc2[NH+]1[O-]. The molecule has 1 aliphatic rings. The van der Waals surface area contributed by atoms with Gasteiger partial charge in [0.2, 0.25) is 6.61 Å². The number of hydroxylamine groups is 1. The third kappa shape index (κ3) is 0.975. The van der Waals surface area contributed by atoms with Gasteiger partial charge in [-0.25, -0.2) is 4.79 Å². The first-order chi connectivity index (χ1) is 5.79. The molecule has 1 heterocycles. The van der Waals surface area contributed by atoms with Crippen LogP contribution in [0.5, 0.6) is 5.75 Å². The van der Waals surface area contributed by atoms with E-state index in [1.807, 2.05) is 0 Å². The smallest absolute Gasteiger partial charge is 0.354 e. The first-order valence-electron chi connectivity index (χ1n) is 3.58. The van der Waals surface area contributed by atoms with Crippen molar-refractivity contribution in [3.63, 3.8) is 0 Å². The summed E-state index contributed by atoms with van der Waals surface area (Å²) in [5.41, 5.74) is 0.369. The summed E-state index contributed by atoms with van der Waals surface area (Å²) in [7, 11) is 0. The fourth-order valence-corrected chi connectivity index (χ4v) is 1.14. The Balaban J connectivity index is 2.48. The zero-order chi connectivity index (χ0) is 8.55.